The third-order valence-electron chi connectivity index (χ3n) is 3.44. The quantitative estimate of drug-likeness (QED) is 0.364. The molecule has 0 heterocycles. The van der Waals surface area contributed by atoms with Gasteiger partial charge >= 0.3 is 0 Å². The summed E-state index contributed by atoms with van der Waals surface area (Å²) in [6.45, 7) is 4.50. The fourth-order valence-electron chi connectivity index (χ4n) is 2.28. The molecule has 0 bridgehead atoms. The lowest BCUT2D eigenvalue weighted by molar-refractivity contribution is 0.606. The zero-order chi connectivity index (χ0) is 13.2. The Morgan fingerprint density at radius 2 is 1.56 bits per heavy atom. The van der Waals surface area contributed by atoms with Gasteiger partial charge in [-0.15, -0.1) is 0 Å². The van der Waals surface area contributed by atoms with Gasteiger partial charge in [-0.3, -0.25) is 0 Å². The SMILES string of the molecule is CCCCCCCC(Br)c1ccc(CCC)cc1. The lowest BCUT2D eigenvalue weighted by atomic mass is 10.0. The normalized spacial score (nSPS) is 12.6. The Morgan fingerprint density at radius 3 is 2.17 bits per heavy atom. The Kier molecular flexibility index (Phi) is 8.41. The van der Waals surface area contributed by atoms with Crippen LogP contribution in [0.1, 0.15) is 74.7 Å². The first-order valence-electron chi connectivity index (χ1n) is 7.50. The highest BCUT2D eigenvalue weighted by Gasteiger charge is 2.06. The first-order chi connectivity index (χ1) is 8.77. The van der Waals surface area contributed by atoms with Crippen LogP contribution in [0, 0.1) is 0 Å². The van der Waals surface area contributed by atoms with E-state index in [-0.39, 0.29) is 0 Å². The summed E-state index contributed by atoms with van der Waals surface area (Å²) in [5.41, 5.74) is 2.90. The minimum absolute atomic E-state index is 0.537. The average Bonchev–Trinajstić information content (AvgIpc) is 2.39. The van der Waals surface area contributed by atoms with Gasteiger partial charge in [-0.2, -0.15) is 0 Å². The highest BCUT2D eigenvalue weighted by molar-refractivity contribution is 9.09. The zero-order valence-corrected chi connectivity index (χ0v) is 13.5. The molecule has 102 valence electrons. The van der Waals surface area contributed by atoms with Crippen LogP contribution in [0.15, 0.2) is 24.3 Å². The minimum atomic E-state index is 0.537. The van der Waals surface area contributed by atoms with Crippen LogP contribution >= 0.6 is 15.9 Å². The maximum atomic E-state index is 3.82. The summed E-state index contributed by atoms with van der Waals surface area (Å²) in [4.78, 5) is 0.537. The van der Waals surface area contributed by atoms with E-state index in [9.17, 15) is 0 Å². The molecule has 0 spiro atoms. The van der Waals surface area contributed by atoms with Crippen LogP contribution in [0.2, 0.25) is 0 Å². The van der Waals surface area contributed by atoms with Crippen molar-refractivity contribution in [2.45, 2.75) is 70.0 Å². The molecule has 0 aliphatic heterocycles. The Labute approximate surface area is 121 Å². The second kappa shape index (κ2) is 9.61. The molecule has 18 heavy (non-hydrogen) atoms. The van der Waals surface area contributed by atoms with Crippen LogP contribution in [0.4, 0.5) is 0 Å². The number of unbranched alkanes of at least 4 members (excludes halogenated alkanes) is 4. The van der Waals surface area contributed by atoms with E-state index >= 15 is 0 Å². The van der Waals surface area contributed by atoms with Crippen LogP contribution in [0.5, 0.6) is 0 Å². The number of aryl methyl sites for hydroxylation is 1. The Bertz CT molecular complexity index is 302. The van der Waals surface area contributed by atoms with Crippen LogP contribution in [-0.2, 0) is 6.42 Å². The van der Waals surface area contributed by atoms with Gasteiger partial charge in [0.1, 0.15) is 0 Å². The summed E-state index contributed by atoms with van der Waals surface area (Å²) in [5.74, 6) is 0. The highest BCUT2D eigenvalue weighted by Crippen LogP contribution is 2.29. The molecular formula is C17H27Br. The van der Waals surface area contributed by atoms with Gasteiger partial charge in [0.15, 0.2) is 0 Å². The van der Waals surface area contributed by atoms with E-state index in [1.54, 1.807) is 0 Å². The highest BCUT2D eigenvalue weighted by atomic mass is 79.9. The van der Waals surface area contributed by atoms with Crippen LogP contribution in [-0.4, -0.2) is 0 Å². The average molecular weight is 311 g/mol. The first kappa shape index (κ1) is 15.8. The molecule has 0 fully saturated rings. The molecule has 1 aromatic carbocycles. The molecule has 1 atom stereocenters. The number of rotatable bonds is 9. The summed E-state index contributed by atoms with van der Waals surface area (Å²) < 4.78 is 0. The van der Waals surface area contributed by atoms with Gasteiger partial charge in [0.2, 0.25) is 0 Å². The van der Waals surface area contributed by atoms with Crippen molar-refractivity contribution in [2.75, 3.05) is 0 Å². The summed E-state index contributed by atoms with van der Waals surface area (Å²) in [7, 11) is 0. The molecular weight excluding hydrogens is 284 g/mol. The topological polar surface area (TPSA) is 0 Å². The second-order valence-electron chi connectivity index (χ2n) is 5.16. The number of halogens is 1. The van der Waals surface area contributed by atoms with E-state index in [0.717, 1.165) is 0 Å². The fraction of sp³-hybridized carbons (Fsp3) is 0.647. The lowest BCUT2D eigenvalue weighted by Crippen LogP contribution is -1.92. The lowest BCUT2D eigenvalue weighted by Gasteiger charge is -2.11. The van der Waals surface area contributed by atoms with Crippen LogP contribution in [0.3, 0.4) is 0 Å². The van der Waals surface area contributed by atoms with Gasteiger partial charge in [0.05, 0.1) is 0 Å². The summed E-state index contributed by atoms with van der Waals surface area (Å²) in [6.07, 6.45) is 10.5. The molecule has 1 rings (SSSR count). The molecule has 0 aromatic heterocycles. The molecule has 0 nitrogen and oxygen atoms in total. The van der Waals surface area contributed by atoms with Gasteiger partial charge in [-0.25, -0.2) is 0 Å². The molecule has 0 aliphatic rings. The van der Waals surface area contributed by atoms with Crippen LogP contribution < -0.4 is 0 Å². The van der Waals surface area contributed by atoms with Crippen molar-refractivity contribution in [3.8, 4) is 0 Å². The largest absolute Gasteiger partial charge is 0.0839 e. The summed E-state index contributed by atoms with van der Waals surface area (Å²) in [5, 5.41) is 0. The monoisotopic (exact) mass is 310 g/mol. The van der Waals surface area contributed by atoms with E-state index < -0.39 is 0 Å². The van der Waals surface area contributed by atoms with Gasteiger partial charge < -0.3 is 0 Å². The van der Waals surface area contributed by atoms with Crippen LogP contribution in [0.25, 0.3) is 0 Å². The van der Waals surface area contributed by atoms with Crippen molar-refractivity contribution in [1.29, 1.82) is 0 Å². The predicted molar refractivity (Wildman–Crippen MR) is 85.5 cm³/mol. The number of alkyl halides is 1. The number of benzene rings is 1. The molecule has 0 amide bonds. The van der Waals surface area contributed by atoms with Crippen molar-refractivity contribution in [3.63, 3.8) is 0 Å². The van der Waals surface area contributed by atoms with Crippen molar-refractivity contribution in [1.82, 2.24) is 0 Å². The maximum Gasteiger partial charge on any atom is 0.0395 e. The molecule has 1 heteroatoms. The predicted octanol–water partition coefficient (Wildman–Crippen LogP) is 6.44. The van der Waals surface area contributed by atoms with E-state index in [4.69, 9.17) is 0 Å². The standard InChI is InChI=1S/C17H27Br/c1-3-5-6-7-8-10-17(18)16-13-11-15(9-4-2)12-14-16/h11-14,17H,3-10H2,1-2H3. The Morgan fingerprint density at radius 1 is 0.889 bits per heavy atom. The maximum absolute atomic E-state index is 3.82. The van der Waals surface area contributed by atoms with Crippen molar-refractivity contribution in [2.24, 2.45) is 0 Å². The fourth-order valence-corrected chi connectivity index (χ4v) is 2.90. The smallest absolute Gasteiger partial charge is 0.0395 e. The molecule has 0 N–H and O–H groups in total. The second-order valence-corrected chi connectivity index (χ2v) is 6.27. The molecule has 0 saturated carbocycles. The third-order valence-corrected chi connectivity index (χ3v) is 4.43. The molecule has 1 unspecified atom stereocenters. The van der Waals surface area contributed by atoms with Gasteiger partial charge in [0.25, 0.3) is 0 Å². The Balaban J connectivity index is 2.30. The van der Waals surface area contributed by atoms with Crippen molar-refractivity contribution < 1.29 is 0 Å². The van der Waals surface area contributed by atoms with E-state index in [1.807, 2.05) is 0 Å². The Hall–Kier alpha value is -0.300. The van der Waals surface area contributed by atoms with Gasteiger partial charge in [-0.1, -0.05) is 92.6 Å². The first-order valence-corrected chi connectivity index (χ1v) is 8.42. The zero-order valence-electron chi connectivity index (χ0n) is 11.9. The number of hydrogen-bond acceptors (Lipinski definition) is 0. The van der Waals surface area contributed by atoms with E-state index in [2.05, 4.69) is 54.0 Å². The van der Waals surface area contributed by atoms with Crippen molar-refractivity contribution in [3.05, 3.63) is 35.4 Å². The van der Waals surface area contributed by atoms with Gasteiger partial charge in [-0.05, 0) is 24.0 Å². The minimum Gasteiger partial charge on any atom is -0.0839 e. The van der Waals surface area contributed by atoms with E-state index in [0.29, 0.717) is 4.83 Å². The number of hydrogen-bond donors (Lipinski definition) is 0. The molecule has 0 saturated heterocycles. The summed E-state index contributed by atoms with van der Waals surface area (Å²) in [6, 6.07) is 9.14. The van der Waals surface area contributed by atoms with Gasteiger partial charge in [0, 0.05) is 4.83 Å². The summed E-state index contributed by atoms with van der Waals surface area (Å²) >= 11 is 3.82. The van der Waals surface area contributed by atoms with E-state index in [1.165, 1.54) is 62.5 Å². The van der Waals surface area contributed by atoms with Crippen molar-refractivity contribution >= 4 is 15.9 Å². The molecule has 1 aromatic rings. The third kappa shape index (κ3) is 6.04. The molecule has 0 radical (unpaired) electrons. The molecule has 0 aliphatic carbocycles.